The van der Waals surface area contributed by atoms with E-state index in [0.717, 1.165) is 12.2 Å². The Hall–Kier alpha value is -2.22. The fourth-order valence-electron chi connectivity index (χ4n) is 2.01. The number of aromatic nitrogens is 1. The topological polar surface area (TPSA) is 27.8 Å². The molecule has 17 heavy (non-hydrogen) atoms. The van der Waals surface area contributed by atoms with Crippen molar-refractivity contribution in [2.75, 3.05) is 5.32 Å². The number of nitrogens with one attached hydrogen (secondary N) is 2. The molecule has 0 aliphatic carbocycles. The quantitative estimate of drug-likeness (QED) is 0.693. The predicted octanol–water partition coefficient (Wildman–Crippen LogP) is 3.78. The average Bonchev–Trinajstić information content (AvgIpc) is 2.81. The molecule has 0 amide bonds. The minimum Gasteiger partial charge on any atom is -0.379 e. The van der Waals surface area contributed by atoms with Gasteiger partial charge >= 0.3 is 0 Å². The largest absolute Gasteiger partial charge is 0.379 e. The second-order valence-electron chi connectivity index (χ2n) is 4.09. The lowest BCUT2D eigenvalue weighted by Crippen LogP contribution is -1.97. The summed E-state index contributed by atoms with van der Waals surface area (Å²) in [6.07, 6.45) is 2.02. The molecule has 1 heterocycles. The first kappa shape index (κ1) is 9.97. The molecule has 0 aliphatic heterocycles. The Morgan fingerprint density at radius 2 is 1.65 bits per heavy atom. The number of para-hydroxylation sites is 1. The van der Waals surface area contributed by atoms with Crippen molar-refractivity contribution in [2.45, 2.75) is 6.54 Å². The molecule has 0 aliphatic rings. The SMILES string of the molecule is c1ccc(CNc2c[nH]c3ccccc23)cc1. The Labute approximate surface area is 100 Å². The zero-order chi connectivity index (χ0) is 11.5. The van der Waals surface area contributed by atoms with Crippen molar-refractivity contribution >= 4 is 16.6 Å². The van der Waals surface area contributed by atoms with Crippen LogP contribution in [0, 0.1) is 0 Å². The Bertz CT molecular complexity index is 611. The lowest BCUT2D eigenvalue weighted by Gasteiger charge is -2.04. The summed E-state index contributed by atoms with van der Waals surface area (Å²) in [5.74, 6) is 0. The zero-order valence-corrected chi connectivity index (χ0v) is 9.48. The van der Waals surface area contributed by atoms with Gasteiger partial charge in [-0.1, -0.05) is 48.5 Å². The van der Waals surface area contributed by atoms with Gasteiger partial charge in [-0.2, -0.15) is 0 Å². The van der Waals surface area contributed by atoms with Crippen LogP contribution in [0.1, 0.15) is 5.56 Å². The van der Waals surface area contributed by atoms with Crippen LogP contribution in [-0.4, -0.2) is 4.98 Å². The maximum atomic E-state index is 3.45. The number of H-pyrrole nitrogens is 1. The highest BCUT2D eigenvalue weighted by molar-refractivity contribution is 5.92. The standard InChI is InChI=1S/C15H14N2/c1-2-6-12(7-3-1)10-16-15-11-17-14-9-5-4-8-13(14)15/h1-9,11,16-17H,10H2. The molecule has 0 saturated heterocycles. The molecule has 0 unspecified atom stereocenters. The first-order chi connectivity index (χ1) is 8.43. The molecule has 2 N–H and O–H groups in total. The van der Waals surface area contributed by atoms with E-state index >= 15 is 0 Å². The van der Waals surface area contributed by atoms with Crippen molar-refractivity contribution in [3.63, 3.8) is 0 Å². The summed E-state index contributed by atoms with van der Waals surface area (Å²) >= 11 is 0. The Morgan fingerprint density at radius 3 is 2.53 bits per heavy atom. The van der Waals surface area contributed by atoms with Crippen LogP contribution in [0.4, 0.5) is 5.69 Å². The van der Waals surface area contributed by atoms with Gasteiger partial charge in [0, 0.05) is 23.6 Å². The Morgan fingerprint density at radius 1 is 0.882 bits per heavy atom. The molecule has 0 fully saturated rings. The van der Waals surface area contributed by atoms with E-state index in [1.165, 1.54) is 16.5 Å². The molecule has 3 rings (SSSR count). The lowest BCUT2D eigenvalue weighted by molar-refractivity contribution is 1.15. The second kappa shape index (κ2) is 4.34. The third kappa shape index (κ3) is 2.02. The van der Waals surface area contributed by atoms with Gasteiger partial charge in [-0.3, -0.25) is 0 Å². The minimum absolute atomic E-state index is 0.850. The van der Waals surface area contributed by atoms with Crippen LogP contribution in [0.3, 0.4) is 0 Å². The minimum atomic E-state index is 0.850. The normalized spacial score (nSPS) is 10.6. The van der Waals surface area contributed by atoms with Crippen LogP contribution in [0.2, 0.25) is 0 Å². The van der Waals surface area contributed by atoms with E-state index in [0.29, 0.717) is 0 Å². The molecule has 2 aromatic carbocycles. The van der Waals surface area contributed by atoms with Crippen LogP contribution < -0.4 is 5.32 Å². The second-order valence-corrected chi connectivity index (χ2v) is 4.09. The number of rotatable bonds is 3. The van der Waals surface area contributed by atoms with Gasteiger partial charge in [0.05, 0.1) is 5.69 Å². The highest BCUT2D eigenvalue weighted by Gasteiger charge is 2.01. The van der Waals surface area contributed by atoms with Gasteiger partial charge in [-0.05, 0) is 11.6 Å². The zero-order valence-electron chi connectivity index (χ0n) is 9.48. The van der Waals surface area contributed by atoms with Crippen molar-refractivity contribution in [1.29, 1.82) is 0 Å². The number of benzene rings is 2. The number of hydrogen-bond donors (Lipinski definition) is 2. The monoisotopic (exact) mass is 222 g/mol. The van der Waals surface area contributed by atoms with E-state index in [2.05, 4.69) is 52.8 Å². The Balaban J connectivity index is 1.82. The fourth-order valence-corrected chi connectivity index (χ4v) is 2.01. The van der Waals surface area contributed by atoms with Crippen molar-refractivity contribution in [1.82, 2.24) is 4.98 Å². The summed E-state index contributed by atoms with van der Waals surface area (Å²) in [7, 11) is 0. The summed E-state index contributed by atoms with van der Waals surface area (Å²) in [5.41, 5.74) is 3.62. The maximum Gasteiger partial charge on any atom is 0.0600 e. The van der Waals surface area contributed by atoms with Crippen LogP contribution >= 0.6 is 0 Å². The molecule has 0 radical (unpaired) electrons. The highest BCUT2D eigenvalue weighted by Crippen LogP contribution is 2.22. The molecule has 0 bridgehead atoms. The number of fused-ring (bicyclic) bond motifs is 1. The summed E-state index contributed by atoms with van der Waals surface area (Å²) in [6, 6.07) is 18.7. The van der Waals surface area contributed by atoms with E-state index in [1.54, 1.807) is 0 Å². The van der Waals surface area contributed by atoms with Crippen molar-refractivity contribution < 1.29 is 0 Å². The summed E-state index contributed by atoms with van der Waals surface area (Å²) in [6.45, 7) is 0.850. The molecular formula is C15H14N2. The van der Waals surface area contributed by atoms with Gasteiger partial charge < -0.3 is 10.3 Å². The number of aromatic amines is 1. The highest BCUT2D eigenvalue weighted by atomic mass is 14.9. The van der Waals surface area contributed by atoms with Gasteiger partial charge in [-0.25, -0.2) is 0 Å². The van der Waals surface area contributed by atoms with Crippen LogP contribution in [-0.2, 0) is 6.54 Å². The Kier molecular flexibility index (Phi) is 2.54. The molecule has 2 heteroatoms. The van der Waals surface area contributed by atoms with Crippen molar-refractivity contribution in [2.24, 2.45) is 0 Å². The van der Waals surface area contributed by atoms with Gasteiger partial charge in [0.2, 0.25) is 0 Å². The summed E-state index contributed by atoms with van der Waals surface area (Å²) in [5, 5.41) is 4.69. The van der Waals surface area contributed by atoms with E-state index in [4.69, 9.17) is 0 Å². The van der Waals surface area contributed by atoms with Gasteiger partial charge in [-0.15, -0.1) is 0 Å². The van der Waals surface area contributed by atoms with Crippen LogP contribution in [0.15, 0.2) is 60.8 Å². The predicted molar refractivity (Wildman–Crippen MR) is 72.1 cm³/mol. The van der Waals surface area contributed by atoms with Crippen molar-refractivity contribution in [3.8, 4) is 0 Å². The first-order valence-corrected chi connectivity index (χ1v) is 5.77. The molecule has 84 valence electrons. The average molecular weight is 222 g/mol. The molecule has 3 aromatic rings. The third-order valence-corrected chi connectivity index (χ3v) is 2.92. The van der Waals surface area contributed by atoms with Crippen molar-refractivity contribution in [3.05, 3.63) is 66.4 Å². The van der Waals surface area contributed by atoms with E-state index in [-0.39, 0.29) is 0 Å². The van der Waals surface area contributed by atoms with E-state index < -0.39 is 0 Å². The molecule has 2 nitrogen and oxygen atoms in total. The number of hydrogen-bond acceptors (Lipinski definition) is 1. The lowest BCUT2D eigenvalue weighted by atomic mass is 10.2. The van der Waals surface area contributed by atoms with Crippen LogP contribution in [0.5, 0.6) is 0 Å². The maximum absolute atomic E-state index is 3.45. The fraction of sp³-hybridized carbons (Fsp3) is 0.0667. The van der Waals surface area contributed by atoms with Gasteiger partial charge in [0.15, 0.2) is 0 Å². The first-order valence-electron chi connectivity index (χ1n) is 5.77. The van der Waals surface area contributed by atoms with E-state index in [1.807, 2.05) is 18.3 Å². The molecule has 0 spiro atoms. The van der Waals surface area contributed by atoms with E-state index in [9.17, 15) is 0 Å². The summed E-state index contributed by atoms with van der Waals surface area (Å²) < 4.78 is 0. The molecule has 0 atom stereocenters. The summed E-state index contributed by atoms with van der Waals surface area (Å²) in [4.78, 5) is 3.26. The molecule has 1 aromatic heterocycles. The smallest absolute Gasteiger partial charge is 0.0600 e. The molecular weight excluding hydrogens is 208 g/mol. The van der Waals surface area contributed by atoms with Gasteiger partial charge in [0.25, 0.3) is 0 Å². The van der Waals surface area contributed by atoms with Gasteiger partial charge in [0.1, 0.15) is 0 Å². The third-order valence-electron chi connectivity index (χ3n) is 2.92. The van der Waals surface area contributed by atoms with Crippen LogP contribution in [0.25, 0.3) is 10.9 Å². The molecule has 0 saturated carbocycles. The number of anilines is 1.